The lowest BCUT2D eigenvalue weighted by Gasteiger charge is -2.26. The van der Waals surface area contributed by atoms with Gasteiger partial charge in [0.2, 0.25) is 0 Å². The topological polar surface area (TPSA) is 40.5 Å². The van der Waals surface area contributed by atoms with Gasteiger partial charge >= 0.3 is 5.97 Å². The third-order valence-corrected chi connectivity index (χ3v) is 3.59. The number of hydrogen-bond donors (Lipinski definition) is 1. The highest BCUT2D eigenvalue weighted by atomic mass is 16.4. The maximum absolute atomic E-state index is 10.7. The Morgan fingerprint density at radius 3 is 2.39 bits per heavy atom. The SMILES string of the molecule is O=C(O)c1ccc(CCCN2CCCCC2)cc1. The molecule has 1 saturated heterocycles. The van der Waals surface area contributed by atoms with E-state index < -0.39 is 5.97 Å². The number of rotatable bonds is 5. The number of hydrogen-bond acceptors (Lipinski definition) is 2. The van der Waals surface area contributed by atoms with E-state index in [4.69, 9.17) is 5.11 Å². The second-order valence-electron chi connectivity index (χ2n) is 5.01. The highest BCUT2D eigenvalue weighted by Crippen LogP contribution is 2.11. The van der Waals surface area contributed by atoms with Crippen molar-refractivity contribution in [3.05, 3.63) is 35.4 Å². The molecule has 3 nitrogen and oxygen atoms in total. The van der Waals surface area contributed by atoms with Gasteiger partial charge in [0.05, 0.1) is 5.56 Å². The molecule has 1 aliphatic heterocycles. The first-order valence-corrected chi connectivity index (χ1v) is 6.80. The molecule has 0 bridgehead atoms. The number of aromatic carboxylic acids is 1. The molecule has 98 valence electrons. The van der Waals surface area contributed by atoms with Crippen LogP contribution in [0.5, 0.6) is 0 Å². The molecule has 1 aromatic carbocycles. The van der Waals surface area contributed by atoms with Crippen LogP contribution in [0, 0.1) is 0 Å². The minimum Gasteiger partial charge on any atom is -0.478 e. The van der Waals surface area contributed by atoms with E-state index in [9.17, 15) is 4.79 Å². The summed E-state index contributed by atoms with van der Waals surface area (Å²) in [5.41, 5.74) is 1.60. The van der Waals surface area contributed by atoms with Gasteiger partial charge in [0.25, 0.3) is 0 Å². The van der Waals surface area contributed by atoms with Gasteiger partial charge in [0, 0.05) is 0 Å². The molecule has 3 heteroatoms. The third-order valence-electron chi connectivity index (χ3n) is 3.59. The molecule has 0 atom stereocenters. The van der Waals surface area contributed by atoms with Gasteiger partial charge in [-0.15, -0.1) is 0 Å². The second kappa shape index (κ2) is 6.55. The molecule has 18 heavy (non-hydrogen) atoms. The van der Waals surface area contributed by atoms with Crippen LogP contribution >= 0.6 is 0 Å². The highest BCUT2D eigenvalue weighted by molar-refractivity contribution is 5.87. The minimum atomic E-state index is -0.852. The summed E-state index contributed by atoms with van der Waals surface area (Å²) in [6.45, 7) is 3.66. The number of carboxylic acid groups (broad SMARTS) is 1. The number of carbonyl (C=O) groups is 1. The normalized spacial score (nSPS) is 16.7. The van der Waals surface area contributed by atoms with E-state index in [1.807, 2.05) is 12.1 Å². The van der Waals surface area contributed by atoms with Crippen LogP contribution < -0.4 is 0 Å². The second-order valence-corrected chi connectivity index (χ2v) is 5.01. The van der Waals surface area contributed by atoms with Gasteiger partial charge in [-0.1, -0.05) is 18.6 Å². The van der Waals surface area contributed by atoms with Crippen LogP contribution in [0.1, 0.15) is 41.6 Å². The number of piperidine rings is 1. The number of aryl methyl sites for hydroxylation is 1. The average Bonchev–Trinajstić information content (AvgIpc) is 2.40. The Kier molecular flexibility index (Phi) is 4.76. The zero-order valence-corrected chi connectivity index (χ0v) is 10.8. The van der Waals surface area contributed by atoms with E-state index in [1.54, 1.807) is 12.1 Å². The van der Waals surface area contributed by atoms with Crippen molar-refractivity contribution < 1.29 is 9.90 Å². The zero-order valence-electron chi connectivity index (χ0n) is 10.8. The number of likely N-dealkylation sites (tertiary alicyclic amines) is 1. The van der Waals surface area contributed by atoms with E-state index >= 15 is 0 Å². The van der Waals surface area contributed by atoms with E-state index in [1.165, 1.54) is 44.5 Å². The number of carboxylic acids is 1. The fourth-order valence-corrected chi connectivity index (χ4v) is 2.50. The van der Waals surface area contributed by atoms with Crippen molar-refractivity contribution in [2.45, 2.75) is 32.1 Å². The summed E-state index contributed by atoms with van der Waals surface area (Å²) in [5.74, 6) is -0.852. The first-order chi connectivity index (χ1) is 8.75. The first-order valence-electron chi connectivity index (χ1n) is 6.80. The van der Waals surface area contributed by atoms with Gasteiger partial charge in [0.1, 0.15) is 0 Å². The summed E-state index contributed by atoms with van der Waals surface area (Å²) in [6, 6.07) is 7.25. The Balaban J connectivity index is 1.74. The van der Waals surface area contributed by atoms with Crippen LogP contribution in [-0.2, 0) is 6.42 Å². The standard InChI is InChI=1S/C15H21NO2/c17-15(18)14-8-6-13(7-9-14)5-4-12-16-10-2-1-3-11-16/h6-9H,1-5,10-12H2,(H,17,18). The van der Waals surface area contributed by atoms with E-state index in [0.29, 0.717) is 5.56 Å². The van der Waals surface area contributed by atoms with E-state index in [2.05, 4.69) is 4.90 Å². The molecule has 0 aromatic heterocycles. The molecule has 0 saturated carbocycles. The molecule has 1 aliphatic rings. The molecule has 1 heterocycles. The van der Waals surface area contributed by atoms with Gasteiger partial charge in [0.15, 0.2) is 0 Å². The van der Waals surface area contributed by atoms with Crippen LogP contribution in [0.2, 0.25) is 0 Å². The summed E-state index contributed by atoms with van der Waals surface area (Å²) >= 11 is 0. The summed E-state index contributed by atoms with van der Waals surface area (Å²) in [6.07, 6.45) is 6.26. The van der Waals surface area contributed by atoms with Crippen LogP contribution in [0.15, 0.2) is 24.3 Å². The zero-order chi connectivity index (χ0) is 12.8. The summed E-state index contributed by atoms with van der Waals surface area (Å²) in [7, 11) is 0. The maximum atomic E-state index is 10.7. The third kappa shape index (κ3) is 3.84. The maximum Gasteiger partial charge on any atom is 0.335 e. The predicted molar refractivity (Wildman–Crippen MR) is 72.0 cm³/mol. The predicted octanol–water partition coefficient (Wildman–Crippen LogP) is 2.80. The van der Waals surface area contributed by atoms with Crippen molar-refractivity contribution in [2.24, 2.45) is 0 Å². The Morgan fingerprint density at radius 2 is 1.78 bits per heavy atom. The molecular formula is C15H21NO2. The van der Waals surface area contributed by atoms with Crippen LogP contribution in [0.25, 0.3) is 0 Å². The fraction of sp³-hybridized carbons (Fsp3) is 0.533. The highest BCUT2D eigenvalue weighted by Gasteiger charge is 2.09. The Bertz CT molecular complexity index is 380. The van der Waals surface area contributed by atoms with E-state index in [-0.39, 0.29) is 0 Å². The van der Waals surface area contributed by atoms with Crippen molar-refractivity contribution in [2.75, 3.05) is 19.6 Å². The largest absolute Gasteiger partial charge is 0.478 e. The minimum absolute atomic E-state index is 0.370. The molecule has 1 fully saturated rings. The van der Waals surface area contributed by atoms with Crippen LogP contribution in [-0.4, -0.2) is 35.6 Å². The number of nitrogens with zero attached hydrogens (tertiary/aromatic N) is 1. The summed E-state index contributed by atoms with van der Waals surface area (Å²) in [5, 5.41) is 8.82. The molecule has 0 aliphatic carbocycles. The van der Waals surface area contributed by atoms with Crippen molar-refractivity contribution in [3.8, 4) is 0 Å². The van der Waals surface area contributed by atoms with E-state index in [0.717, 1.165) is 12.8 Å². The molecule has 1 N–H and O–H groups in total. The molecule has 0 unspecified atom stereocenters. The lowest BCUT2D eigenvalue weighted by molar-refractivity contribution is 0.0697. The van der Waals surface area contributed by atoms with Crippen molar-refractivity contribution in [1.82, 2.24) is 4.90 Å². The van der Waals surface area contributed by atoms with Crippen LogP contribution in [0.4, 0.5) is 0 Å². The smallest absolute Gasteiger partial charge is 0.335 e. The van der Waals surface area contributed by atoms with Gasteiger partial charge in [-0.3, -0.25) is 0 Å². The molecule has 0 amide bonds. The van der Waals surface area contributed by atoms with Gasteiger partial charge < -0.3 is 10.0 Å². The van der Waals surface area contributed by atoms with Crippen molar-refractivity contribution >= 4 is 5.97 Å². The quantitative estimate of drug-likeness (QED) is 0.869. The molecule has 2 rings (SSSR count). The van der Waals surface area contributed by atoms with Gasteiger partial charge in [-0.2, -0.15) is 0 Å². The Morgan fingerprint density at radius 1 is 1.11 bits per heavy atom. The molecule has 0 radical (unpaired) electrons. The first kappa shape index (κ1) is 13.1. The Hall–Kier alpha value is -1.35. The lowest BCUT2D eigenvalue weighted by Crippen LogP contribution is -2.30. The van der Waals surface area contributed by atoms with Gasteiger partial charge in [-0.25, -0.2) is 4.79 Å². The monoisotopic (exact) mass is 247 g/mol. The van der Waals surface area contributed by atoms with Crippen molar-refractivity contribution in [1.29, 1.82) is 0 Å². The van der Waals surface area contributed by atoms with Crippen LogP contribution in [0.3, 0.4) is 0 Å². The average molecular weight is 247 g/mol. The Labute approximate surface area is 108 Å². The fourth-order valence-electron chi connectivity index (χ4n) is 2.50. The molecular weight excluding hydrogens is 226 g/mol. The van der Waals surface area contributed by atoms with Gasteiger partial charge in [-0.05, 0) is 63.0 Å². The molecule has 0 spiro atoms. The van der Waals surface area contributed by atoms with Crippen molar-refractivity contribution in [3.63, 3.8) is 0 Å². The summed E-state index contributed by atoms with van der Waals surface area (Å²) in [4.78, 5) is 13.3. The molecule has 1 aromatic rings. The number of benzene rings is 1. The lowest BCUT2D eigenvalue weighted by atomic mass is 10.1. The summed E-state index contributed by atoms with van der Waals surface area (Å²) < 4.78 is 0.